The van der Waals surface area contributed by atoms with E-state index in [4.69, 9.17) is 5.11 Å². The number of rotatable bonds is 3. The van der Waals surface area contributed by atoms with Gasteiger partial charge in [-0.2, -0.15) is 0 Å². The van der Waals surface area contributed by atoms with Crippen molar-refractivity contribution in [2.24, 2.45) is 0 Å². The lowest BCUT2D eigenvalue weighted by molar-refractivity contribution is 0.276. The summed E-state index contributed by atoms with van der Waals surface area (Å²) in [5, 5.41) is 9.09. The molecule has 2 aromatic carbocycles. The summed E-state index contributed by atoms with van der Waals surface area (Å²) >= 11 is 0. The van der Waals surface area contributed by atoms with E-state index in [0.717, 1.165) is 11.1 Å². The molecule has 0 unspecified atom stereocenters. The number of halogens is 1. The first kappa shape index (κ1) is 12.8. The summed E-state index contributed by atoms with van der Waals surface area (Å²) in [7, 11) is 0. The van der Waals surface area contributed by atoms with Gasteiger partial charge in [-0.15, -0.1) is 0 Å². The second-order valence-electron chi connectivity index (χ2n) is 4.74. The molecule has 2 aromatic rings. The van der Waals surface area contributed by atoms with Gasteiger partial charge in [0.1, 0.15) is 5.82 Å². The largest absolute Gasteiger partial charge is 0.392 e. The predicted octanol–water partition coefficient (Wildman–Crippen LogP) is 4.11. The molecule has 0 aliphatic rings. The van der Waals surface area contributed by atoms with Gasteiger partial charge in [-0.05, 0) is 34.7 Å². The lowest BCUT2D eigenvalue weighted by Crippen LogP contribution is -1.92. The Morgan fingerprint density at radius 3 is 2.44 bits per heavy atom. The van der Waals surface area contributed by atoms with Crippen LogP contribution in [0.1, 0.15) is 30.9 Å². The molecule has 0 aliphatic carbocycles. The third-order valence-electron chi connectivity index (χ3n) is 3.10. The number of aliphatic hydroxyl groups is 1. The van der Waals surface area contributed by atoms with E-state index >= 15 is 0 Å². The molecule has 0 aliphatic heterocycles. The van der Waals surface area contributed by atoms with Gasteiger partial charge in [-0.3, -0.25) is 0 Å². The second-order valence-corrected chi connectivity index (χ2v) is 4.74. The zero-order chi connectivity index (χ0) is 13.1. The Kier molecular flexibility index (Phi) is 3.78. The average Bonchev–Trinajstić information content (AvgIpc) is 2.39. The van der Waals surface area contributed by atoms with Crippen LogP contribution in [0, 0.1) is 5.82 Å². The fourth-order valence-electron chi connectivity index (χ4n) is 1.95. The first-order valence-electron chi connectivity index (χ1n) is 6.11. The smallest absolute Gasteiger partial charge is 0.128 e. The second kappa shape index (κ2) is 5.32. The van der Waals surface area contributed by atoms with Crippen LogP contribution in [-0.2, 0) is 6.61 Å². The Morgan fingerprint density at radius 2 is 1.78 bits per heavy atom. The van der Waals surface area contributed by atoms with Gasteiger partial charge in [-0.25, -0.2) is 4.39 Å². The maximum Gasteiger partial charge on any atom is 0.128 e. The summed E-state index contributed by atoms with van der Waals surface area (Å²) < 4.78 is 13.3. The Labute approximate surface area is 107 Å². The first-order chi connectivity index (χ1) is 8.61. The summed E-state index contributed by atoms with van der Waals surface area (Å²) in [6, 6.07) is 13.1. The van der Waals surface area contributed by atoms with Crippen molar-refractivity contribution in [2.45, 2.75) is 26.4 Å². The van der Waals surface area contributed by atoms with E-state index in [1.807, 2.05) is 12.1 Å². The quantitative estimate of drug-likeness (QED) is 0.861. The molecule has 94 valence electrons. The van der Waals surface area contributed by atoms with Crippen molar-refractivity contribution in [3.63, 3.8) is 0 Å². The SMILES string of the molecule is CC(C)c1cccc(-c2ccc(F)c(CO)c2)c1. The van der Waals surface area contributed by atoms with Gasteiger partial charge in [0.25, 0.3) is 0 Å². The van der Waals surface area contributed by atoms with Crippen molar-refractivity contribution < 1.29 is 9.50 Å². The summed E-state index contributed by atoms with van der Waals surface area (Å²) in [5.41, 5.74) is 3.57. The highest BCUT2D eigenvalue weighted by Crippen LogP contribution is 2.25. The fourth-order valence-corrected chi connectivity index (χ4v) is 1.95. The van der Waals surface area contributed by atoms with E-state index in [1.165, 1.54) is 11.6 Å². The van der Waals surface area contributed by atoms with Crippen molar-refractivity contribution in [2.75, 3.05) is 0 Å². The van der Waals surface area contributed by atoms with Crippen LogP contribution in [0.4, 0.5) is 4.39 Å². The minimum atomic E-state index is -0.360. The van der Waals surface area contributed by atoms with E-state index in [2.05, 4.69) is 26.0 Å². The monoisotopic (exact) mass is 244 g/mol. The normalized spacial score (nSPS) is 10.9. The fraction of sp³-hybridized carbons (Fsp3) is 0.250. The first-order valence-corrected chi connectivity index (χ1v) is 6.11. The molecular formula is C16H17FO. The number of aliphatic hydroxyl groups excluding tert-OH is 1. The Balaban J connectivity index is 2.45. The molecule has 1 N–H and O–H groups in total. The third-order valence-corrected chi connectivity index (χ3v) is 3.10. The van der Waals surface area contributed by atoms with E-state index in [0.29, 0.717) is 11.5 Å². The van der Waals surface area contributed by atoms with E-state index < -0.39 is 0 Å². The lowest BCUT2D eigenvalue weighted by Gasteiger charge is -2.09. The molecule has 0 heterocycles. The van der Waals surface area contributed by atoms with Crippen molar-refractivity contribution in [1.29, 1.82) is 0 Å². The van der Waals surface area contributed by atoms with E-state index in [9.17, 15) is 4.39 Å². The molecule has 2 heteroatoms. The lowest BCUT2D eigenvalue weighted by atomic mass is 9.96. The number of hydrogen-bond acceptors (Lipinski definition) is 1. The van der Waals surface area contributed by atoms with Gasteiger partial charge in [0, 0.05) is 5.56 Å². The predicted molar refractivity (Wildman–Crippen MR) is 71.8 cm³/mol. The van der Waals surface area contributed by atoms with Crippen LogP contribution >= 0.6 is 0 Å². The molecule has 18 heavy (non-hydrogen) atoms. The average molecular weight is 244 g/mol. The third kappa shape index (κ3) is 2.59. The van der Waals surface area contributed by atoms with Crippen LogP contribution in [-0.4, -0.2) is 5.11 Å². The van der Waals surface area contributed by atoms with Crippen LogP contribution in [0.3, 0.4) is 0 Å². The molecule has 0 spiro atoms. The van der Waals surface area contributed by atoms with E-state index in [-0.39, 0.29) is 12.4 Å². The summed E-state index contributed by atoms with van der Waals surface area (Å²) in [6.07, 6.45) is 0. The summed E-state index contributed by atoms with van der Waals surface area (Å²) in [5.74, 6) is 0.101. The zero-order valence-electron chi connectivity index (χ0n) is 10.7. The molecule has 0 fully saturated rings. The molecule has 0 radical (unpaired) electrons. The molecule has 0 saturated heterocycles. The minimum Gasteiger partial charge on any atom is -0.392 e. The standard InChI is InChI=1S/C16H17FO/c1-11(2)12-4-3-5-13(8-12)14-6-7-16(17)15(9-14)10-18/h3-9,11,18H,10H2,1-2H3. The van der Waals surface area contributed by atoms with Crippen LogP contribution in [0.25, 0.3) is 11.1 Å². The Hall–Kier alpha value is -1.67. The van der Waals surface area contributed by atoms with Crippen LogP contribution in [0.5, 0.6) is 0 Å². The maximum absolute atomic E-state index is 13.3. The summed E-state index contributed by atoms with van der Waals surface area (Å²) in [4.78, 5) is 0. The molecule has 0 atom stereocenters. The number of benzene rings is 2. The molecule has 0 bridgehead atoms. The Morgan fingerprint density at radius 1 is 1.06 bits per heavy atom. The van der Waals surface area contributed by atoms with Gasteiger partial charge in [0.15, 0.2) is 0 Å². The molecule has 1 nitrogen and oxygen atoms in total. The highest BCUT2D eigenvalue weighted by atomic mass is 19.1. The van der Waals surface area contributed by atoms with Gasteiger partial charge >= 0.3 is 0 Å². The maximum atomic E-state index is 13.3. The van der Waals surface area contributed by atoms with Gasteiger partial charge in [0.2, 0.25) is 0 Å². The van der Waals surface area contributed by atoms with Crippen molar-refractivity contribution in [1.82, 2.24) is 0 Å². The van der Waals surface area contributed by atoms with Crippen molar-refractivity contribution in [3.8, 4) is 11.1 Å². The van der Waals surface area contributed by atoms with Crippen molar-refractivity contribution >= 4 is 0 Å². The zero-order valence-corrected chi connectivity index (χ0v) is 10.7. The van der Waals surface area contributed by atoms with Crippen molar-refractivity contribution in [3.05, 3.63) is 59.4 Å². The minimum absolute atomic E-state index is 0.274. The highest BCUT2D eigenvalue weighted by molar-refractivity contribution is 5.65. The topological polar surface area (TPSA) is 20.2 Å². The number of hydrogen-bond donors (Lipinski definition) is 1. The molecule has 0 amide bonds. The van der Waals surface area contributed by atoms with Crippen LogP contribution in [0.15, 0.2) is 42.5 Å². The van der Waals surface area contributed by atoms with E-state index in [1.54, 1.807) is 12.1 Å². The molecule has 0 aromatic heterocycles. The molecule has 0 saturated carbocycles. The van der Waals surface area contributed by atoms with Gasteiger partial charge < -0.3 is 5.11 Å². The Bertz CT molecular complexity index is 547. The van der Waals surface area contributed by atoms with Crippen LogP contribution < -0.4 is 0 Å². The highest BCUT2D eigenvalue weighted by Gasteiger charge is 2.06. The van der Waals surface area contributed by atoms with Gasteiger partial charge in [0.05, 0.1) is 6.61 Å². The molecular weight excluding hydrogens is 227 g/mol. The molecule has 2 rings (SSSR count). The van der Waals surface area contributed by atoms with Crippen LogP contribution in [0.2, 0.25) is 0 Å². The van der Waals surface area contributed by atoms with Gasteiger partial charge in [-0.1, -0.05) is 44.2 Å². The summed E-state index contributed by atoms with van der Waals surface area (Å²) in [6.45, 7) is 4.01.